The van der Waals surface area contributed by atoms with Crippen LogP contribution in [0.1, 0.15) is 40.7 Å². The molecule has 6 aromatic rings. The lowest BCUT2D eigenvalue weighted by atomic mass is 10.3. The topological polar surface area (TPSA) is 141 Å². The summed E-state index contributed by atoms with van der Waals surface area (Å²) in [6.07, 6.45) is 6.01. The normalized spacial score (nSPS) is 10.5. The molecule has 0 saturated carbocycles. The van der Waals surface area contributed by atoms with Gasteiger partial charge in [0.1, 0.15) is 24.1 Å². The van der Waals surface area contributed by atoms with Crippen LogP contribution >= 0.6 is 45.6 Å². The van der Waals surface area contributed by atoms with Crippen molar-refractivity contribution in [3.63, 3.8) is 0 Å². The van der Waals surface area contributed by atoms with Crippen LogP contribution in [0.3, 0.4) is 0 Å². The number of nitrogens with zero attached hydrogens (tertiary/aromatic N) is 6. The van der Waals surface area contributed by atoms with E-state index in [0.717, 1.165) is 33.3 Å². The summed E-state index contributed by atoms with van der Waals surface area (Å²) in [5.74, 6) is -1.37. The number of unbranched alkanes of at least 4 members (excludes halogenated alkanes) is 1. The van der Waals surface area contributed by atoms with Crippen LogP contribution in [0.5, 0.6) is 0 Å². The highest BCUT2D eigenvalue weighted by molar-refractivity contribution is 7.18. The molecule has 14 heteroatoms. The molecule has 38 heavy (non-hydrogen) atoms. The van der Waals surface area contributed by atoms with E-state index in [1.807, 2.05) is 22.9 Å². The van der Waals surface area contributed by atoms with Crippen LogP contribution in [-0.4, -0.2) is 53.6 Å². The first kappa shape index (κ1) is 27.4. The maximum Gasteiger partial charge on any atom is 0.358 e. The monoisotopic (exact) mass is 586 g/mol. The third-order valence-corrected chi connectivity index (χ3v) is 7.94. The quantitative estimate of drug-likeness (QED) is 0.137. The average Bonchev–Trinajstić information content (AvgIpc) is 3.70. The van der Waals surface area contributed by atoms with Crippen molar-refractivity contribution >= 4 is 88.2 Å². The van der Waals surface area contributed by atoms with Gasteiger partial charge in [-0.25, -0.2) is 39.5 Å². The number of fused-ring (bicyclic) bond motifs is 3. The van der Waals surface area contributed by atoms with E-state index in [4.69, 9.17) is 21.4 Å². The Kier molecular flexibility index (Phi) is 9.54. The van der Waals surface area contributed by atoms with Gasteiger partial charge >= 0.3 is 11.9 Å². The van der Waals surface area contributed by atoms with E-state index >= 15 is 0 Å². The van der Waals surface area contributed by atoms with Gasteiger partial charge in [-0.3, -0.25) is 0 Å². The molecule has 0 aliphatic heterocycles. The molecule has 0 atom stereocenters. The largest absolute Gasteiger partial charge is 0.476 e. The highest BCUT2D eigenvalue weighted by Gasteiger charge is 2.14. The van der Waals surface area contributed by atoms with E-state index in [9.17, 15) is 9.59 Å². The summed E-state index contributed by atoms with van der Waals surface area (Å²) in [5, 5.41) is 14.9. The van der Waals surface area contributed by atoms with Crippen LogP contribution < -0.4 is 0 Å². The molecule has 0 saturated heterocycles. The number of halogens is 1. The van der Waals surface area contributed by atoms with Crippen LogP contribution in [0.25, 0.3) is 30.6 Å². The number of carbonyl (C=O) groups excluding carboxylic acids is 1. The first-order valence-electron chi connectivity index (χ1n) is 11.1. The standard InChI is InChI=1S/C11H12N2O2S.C7H4N2O2S.C6H3ClN2S/c1-2-3-5-15-11(14)9-10-8(4-6-16-10)12-7-13-9;10-7(11)5-6-4(1-2-12-6)8-3-9-5;7-6-5-4(1-2-10-5)8-3-9-6/h4,6-7H,2-3,5H2,1H3;1-3H,(H,10,11);1-3H. The molecule has 0 bridgehead atoms. The van der Waals surface area contributed by atoms with E-state index in [1.165, 1.54) is 41.7 Å². The van der Waals surface area contributed by atoms with Gasteiger partial charge in [-0.15, -0.1) is 34.0 Å². The Balaban J connectivity index is 0.000000137. The second kappa shape index (κ2) is 13.2. The maximum atomic E-state index is 11.7. The van der Waals surface area contributed by atoms with E-state index in [-0.39, 0.29) is 11.7 Å². The fraction of sp³-hybridized carbons (Fsp3) is 0.167. The number of aromatic nitrogens is 6. The smallest absolute Gasteiger partial charge is 0.358 e. The summed E-state index contributed by atoms with van der Waals surface area (Å²) in [4.78, 5) is 45.9. The zero-order valence-electron chi connectivity index (χ0n) is 19.8. The molecular formula is C24H19ClN6O4S3. The van der Waals surface area contributed by atoms with Crippen molar-refractivity contribution in [1.29, 1.82) is 0 Å². The number of hydrogen-bond donors (Lipinski definition) is 1. The van der Waals surface area contributed by atoms with Crippen molar-refractivity contribution in [2.45, 2.75) is 19.8 Å². The SMILES string of the molecule is CCCCOC(=O)c1ncnc2ccsc12.Clc1ncnc2ccsc12.O=C(O)c1ncnc2ccsc12. The molecule has 0 spiro atoms. The van der Waals surface area contributed by atoms with Crippen LogP contribution in [0.15, 0.2) is 53.3 Å². The lowest BCUT2D eigenvalue weighted by molar-refractivity contribution is 0.0495. The number of esters is 1. The van der Waals surface area contributed by atoms with E-state index in [2.05, 4.69) is 36.8 Å². The zero-order valence-corrected chi connectivity index (χ0v) is 23.0. The number of hydrogen-bond acceptors (Lipinski definition) is 12. The Morgan fingerprint density at radius 2 is 1.29 bits per heavy atom. The molecule has 6 aromatic heterocycles. The second-order valence-electron chi connectivity index (χ2n) is 7.31. The first-order chi connectivity index (χ1) is 18.5. The Labute approximate surface area is 233 Å². The summed E-state index contributed by atoms with van der Waals surface area (Å²) in [5.41, 5.74) is 2.85. The lowest BCUT2D eigenvalue weighted by Crippen LogP contribution is -2.08. The predicted octanol–water partition coefficient (Wildman–Crippen LogP) is 6.38. The van der Waals surface area contributed by atoms with Crippen molar-refractivity contribution in [2.75, 3.05) is 6.61 Å². The summed E-state index contributed by atoms with van der Waals surface area (Å²) in [6.45, 7) is 2.50. The molecule has 1 N–H and O–H groups in total. The lowest BCUT2D eigenvalue weighted by Gasteiger charge is -2.03. The molecule has 6 rings (SSSR count). The molecule has 0 radical (unpaired) electrons. The molecule has 10 nitrogen and oxygen atoms in total. The summed E-state index contributed by atoms with van der Waals surface area (Å²) in [7, 11) is 0. The highest BCUT2D eigenvalue weighted by Crippen LogP contribution is 2.24. The molecule has 0 aliphatic rings. The van der Waals surface area contributed by atoms with Gasteiger partial charge in [0.05, 0.1) is 37.3 Å². The molecule has 0 amide bonds. The number of carboxylic acids is 1. The van der Waals surface area contributed by atoms with Crippen LogP contribution in [-0.2, 0) is 4.74 Å². The van der Waals surface area contributed by atoms with Crippen molar-refractivity contribution in [1.82, 2.24) is 29.9 Å². The molecule has 6 heterocycles. The van der Waals surface area contributed by atoms with Crippen LogP contribution in [0, 0.1) is 0 Å². The highest BCUT2D eigenvalue weighted by atomic mass is 35.5. The number of carboxylic acid groups (broad SMARTS) is 1. The van der Waals surface area contributed by atoms with Crippen LogP contribution in [0.2, 0.25) is 5.15 Å². The second-order valence-corrected chi connectivity index (χ2v) is 10.4. The van der Waals surface area contributed by atoms with Gasteiger partial charge in [0, 0.05) is 0 Å². The third kappa shape index (κ3) is 6.61. The molecule has 0 fully saturated rings. The summed E-state index contributed by atoms with van der Waals surface area (Å²) >= 11 is 10.1. The maximum absolute atomic E-state index is 11.7. The number of thiophene rings is 3. The number of ether oxygens (including phenoxy) is 1. The number of rotatable bonds is 5. The third-order valence-electron chi connectivity index (χ3n) is 4.81. The zero-order chi connectivity index (χ0) is 26.9. The first-order valence-corrected chi connectivity index (χ1v) is 14.1. The van der Waals surface area contributed by atoms with Crippen molar-refractivity contribution < 1.29 is 19.4 Å². The Morgan fingerprint density at radius 3 is 1.84 bits per heavy atom. The number of carbonyl (C=O) groups is 2. The fourth-order valence-corrected chi connectivity index (χ4v) is 5.66. The van der Waals surface area contributed by atoms with Gasteiger partial charge in [-0.1, -0.05) is 24.9 Å². The average molecular weight is 587 g/mol. The molecule has 0 aromatic carbocycles. The van der Waals surface area contributed by atoms with Gasteiger partial charge in [0.2, 0.25) is 0 Å². The minimum Gasteiger partial charge on any atom is -0.476 e. The molecular weight excluding hydrogens is 568 g/mol. The summed E-state index contributed by atoms with van der Waals surface area (Å²) in [6, 6.07) is 5.56. The minimum absolute atomic E-state index is 0.0787. The van der Waals surface area contributed by atoms with Crippen molar-refractivity contribution in [3.8, 4) is 0 Å². The fourth-order valence-electron chi connectivity index (χ4n) is 3.01. The van der Waals surface area contributed by atoms with Gasteiger partial charge < -0.3 is 9.84 Å². The van der Waals surface area contributed by atoms with Crippen molar-refractivity contribution in [2.24, 2.45) is 0 Å². The minimum atomic E-state index is -1.01. The Hall–Kier alpha value is -3.65. The van der Waals surface area contributed by atoms with E-state index < -0.39 is 5.97 Å². The van der Waals surface area contributed by atoms with Gasteiger partial charge in [-0.2, -0.15) is 0 Å². The van der Waals surface area contributed by atoms with Gasteiger partial charge in [0.25, 0.3) is 0 Å². The van der Waals surface area contributed by atoms with Gasteiger partial charge in [-0.05, 0) is 40.8 Å². The molecule has 0 unspecified atom stereocenters. The summed E-state index contributed by atoms with van der Waals surface area (Å²) < 4.78 is 7.51. The van der Waals surface area contributed by atoms with Gasteiger partial charge in [0.15, 0.2) is 11.4 Å². The Morgan fingerprint density at radius 1 is 0.789 bits per heavy atom. The van der Waals surface area contributed by atoms with E-state index in [1.54, 1.807) is 22.8 Å². The molecule has 0 aliphatic carbocycles. The number of aromatic carboxylic acids is 1. The predicted molar refractivity (Wildman–Crippen MR) is 149 cm³/mol. The Bertz CT molecular complexity index is 1690. The van der Waals surface area contributed by atoms with Crippen molar-refractivity contribution in [3.05, 3.63) is 69.9 Å². The van der Waals surface area contributed by atoms with E-state index in [0.29, 0.717) is 27.7 Å². The molecule has 194 valence electrons. The van der Waals surface area contributed by atoms with Crippen LogP contribution in [0.4, 0.5) is 0 Å².